The van der Waals surface area contributed by atoms with Crippen LogP contribution in [0.3, 0.4) is 0 Å². The molecule has 1 aromatic carbocycles. The van der Waals surface area contributed by atoms with Crippen LogP contribution < -0.4 is 10.3 Å². The Morgan fingerprint density at radius 2 is 2.08 bits per heavy atom. The molecule has 0 saturated carbocycles. The van der Waals surface area contributed by atoms with Gasteiger partial charge in [-0.25, -0.2) is 4.98 Å². The molecule has 2 heterocycles. The summed E-state index contributed by atoms with van der Waals surface area (Å²) >= 11 is 3.32. The van der Waals surface area contributed by atoms with Crippen molar-refractivity contribution < 1.29 is 4.74 Å². The summed E-state index contributed by atoms with van der Waals surface area (Å²) in [6.45, 7) is 1.78. The first-order chi connectivity index (χ1) is 11.6. The van der Waals surface area contributed by atoms with E-state index in [1.165, 1.54) is 0 Å². The van der Waals surface area contributed by atoms with Crippen LogP contribution in [0.1, 0.15) is 11.3 Å². The van der Waals surface area contributed by atoms with Crippen LogP contribution in [0.15, 0.2) is 57.9 Å². The van der Waals surface area contributed by atoms with Crippen molar-refractivity contribution in [3.05, 3.63) is 74.7 Å². The third kappa shape index (κ3) is 3.36. The molecule has 0 aliphatic heterocycles. The maximum absolute atomic E-state index is 11.9. The summed E-state index contributed by atoms with van der Waals surface area (Å²) in [5, 5.41) is 9.27. The number of hydrogen-bond acceptors (Lipinski definition) is 4. The Kier molecular flexibility index (Phi) is 4.45. The molecule has 24 heavy (non-hydrogen) atoms. The van der Waals surface area contributed by atoms with Crippen molar-refractivity contribution in [2.24, 2.45) is 0 Å². The van der Waals surface area contributed by atoms with E-state index >= 15 is 0 Å². The van der Waals surface area contributed by atoms with Gasteiger partial charge < -0.3 is 9.72 Å². The molecule has 2 aromatic heterocycles. The summed E-state index contributed by atoms with van der Waals surface area (Å²) in [4.78, 5) is 18.7. The second kappa shape index (κ2) is 6.69. The molecule has 3 rings (SSSR count). The minimum absolute atomic E-state index is 0.0829. The number of ether oxygens (including phenoxy) is 1. The second-order valence-electron chi connectivity index (χ2n) is 5.13. The molecule has 3 aromatic rings. The first kappa shape index (κ1) is 16.0. The number of aryl methyl sites for hydroxylation is 1. The normalized spacial score (nSPS) is 10.2. The van der Waals surface area contributed by atoms with Crippen molar-refractivity contribution >= 4 is 15.9 Å². The topological polar surface area (TPSA) is 78.8 Å². The number of nitrogens with one attached hydrogen (secondary N) is 1. The molecule has 0 spiro atoms. The van der Waals surface area contributed by atoms with Gasteiger partial charge in [-0.2, -0.15) is 5.26 Å². The zero-order valence-electron chi connectivity index (χ0n) is 12.7. The van der Waals surface area contributed by atoms with E-state index in [2.05, 4.69) is 25.9 Å². The Hall–Kier alpha value is -2.91. The van der Waals surface area contributed by atoms with Crippen molar-refractivity contribution in [3.63, 3.8) is 0 Å². The Morgan fingerprint density at radius 3 is 2.79 bits per heavy atom. The largest absolute Gasteiger partial charge is 0.439 e. The lowest BCUT2D eigenvalue weighted by atomic mass is 10.0. The maximum Gasteiger partial charge on any atom is 0.266 e. The molecule has 0 aliphatic rings. The predicted octanol–water partition coefficient (Wildman–Crippen LogP) is 4.17. The summed E-state index contributed by atoms with van der Waals surface area (Å²) in [6.07, 6.45) is 1.65. The number of halogens is 1. The Bertz CT molecular complexity index is 988. The first-order valence-electron chi connectivity index (χ1n) is 7.10. The highest BCUT2D eigenvalue weighted by atomic mass is 79.9. The average Bonchev–Trinajstić information content (AvgIpc) is 2.57. The van der Waals surface area contributed by atoms with Crippen molar-refractivity contribution in [1.82, 2.24) is 9.97 Å². The van der Waals surface area contributed by atoms with Crippen molar-refractivity contribution in [1.29, 1.82) is 5.26 Å². The van der Waals surface area contributed by atoms with Crippen LogP contribution in [-0.2, 0) is 0 Å². The van der Waals surface area contributed by atoms with Gasteiger partial charge in [0.2, 0.25) is 5.88 Å². The number of H-pyrrole nitrogens is 1. The molecule has 1 N–H and O–H groups in total. The van der Waals surface area contributed by atoms with Crippen molar-refractivity contribution in [2.75, 3.05) is 0 Å². The molecular formula is C18H12BrN3O2. The highest BCUT2D eigenvalue weighted by Crippen LogP contribution is 2.28. The van der Waals surface area contributed by atoms with E-state index in [-0.39, 0.29) is 5.56 Å². The van der Waals surface area contributed by atoms with Gasteiger partial charge in [-0.1, -0.05) is 12.1 Å². The molecule has 0 amide bonds. The smallest absolute Gasteiger partial charge is 0.266 e. The Morgan fingerprint density at radius 1 is 1.25 bits per heavy atom. The standard InChI is InChI=1S/C18H12BrN3O2/c1-11-7-15(16(9-20)18(23)22-11)12-3-2-4-14(8-12)24-17-6-5-13(19)10-21-17/h2-8,10H,1H3,(H,22,23). The SMILES string of the molecule is Cc1cc(-c2cccc(Oc3ccc(Br)cn3)c2)c(C#N)c(=O)[nH]1. The van der Waals surface area contributed by atoms with Crippen LogP contribution in [0.2, 0.25) is 0 Å². The summed E-state index contributed by atoms with van der Waals surface area (Å²) < 4.78 is 6.59. The molecule has 5 nitrogen and oxygen atoms in total. The summed E-state index contributed by atoms with van der Waals surface area (Å²) in [7, 11) is 0. The van der Waals surface area contributed by atoms with Gasteiger partial charge in [-0.3, -0.25) is 4.79 Å². The highest BCUT2D eigenvalue weighted by Gasteiger charge is 2.11. The molecule has 0 saturated heterocycles. The lowest BCUT2D eigenvalue weighted by Gasteiger charge is -2.09. The van der Waals surface area contributed by atoms with E-state index in [1.807, 2.05) is 18.2 Å². The van der Waals surface area contributed by atoms with Crippen LogP contribution in [0, 0.1) is 18.3 Å². The molecule has 0 unspecified atom stereocenters. The fourth-order valence-corrected chi connectivity index (χ4v) is 2.53. The number of hydrogen-bond donors (Lipinski definition) is 1. The van der Waals surface area contributed by atoms with E-state index in [1.54, 1.807) is 43.5 Å². The van der Waals surface area contributed by atoms with Gasteiger partial charge in [0.25, 0.3) is 5.56 Å². The van der Waals surface area contributed by atoms with Gasteiger partial charge in [0.1, 0.15) is 17.4 Å². The summed E-state index contributed by atoms with van der Waals surface area (Å²) in [6, 6.07) is 14.5. The Labute approximate surface area is 146 Å². The number of rotatable bonds is 3. The van der Waals surface area contributed by atoms with Gasteiger partial charge in [0, 0.05) is 28.0 Å². The van der Waals surface area contributed by atoms with Crippen LogP contribution in [0.4, 0.5) is 0 Å². The fourth-order valence-electron chi connectivity index (χ4n) is 2.30. The maximum atomic E-state index is 11.9. The number of benzene rings is 1. The summed E-state index contributed by atoms with van der Waals surface area (Å²) in [5.41, 5.74) is 1.69. The second-order valence-corrected chi connectivity index (χ2v) is 6.04. The molecule has 0 aliphatic carbocycles. The zero-order valence-corrected chi connectivity index (χ0v) is 14.3. The third-order valence-electron chi connectivity index (χ3n) is 3.35. The molecule has 0 atom stereocenters. The fraction of sp³-hybridized carbons (Fsp3) is 0.0556. The molecule has 6 heteroatoms. The molecular weight excluding hydrogens is 370 g/mol. The van der Waals surface area contributed by atoms with Crippen molar-refractivity contribution in [2.45, 2.75) is 6.92 Å². The van der Waals surface area contributed by atoms with Gasteiger partial charge in [0.05, 0.1) is 0 Å². The third-order valence-corrected chi connectivity index (χ3v) is 3.82. The molecule has 0 fully saturated rings. The van der Waals surface area contributed by atoms with Crippen LogP contribution in [-0.4, -0.2) is 9.97 Å². The minimum Gasteiger partial charge on any atom is -0.439 e. The van der Waals surface area contributed by atoms with E-state index in [4.69, 9.17) is 4.74 Å². The number of aromatic amines is 1. The van der Waals surface area contributed by atoms with Crippen molar-refractivity contribution in [3.8, 4) is 28.8 Å². The van der Waals surface area contributed by atoms with Gasteiger partial charge in [-0.15, -0.1) is 0 Å². The first-order valence-corrected chi connectivity index (χ1v) is 7.90. The van der Waals surface area contributed by atoms with Gasteiger partial charge in [0.15, 0.2) is 0 Å². The molecule has 0 bridgehead atoms. The van der Waals surface area contributed by atoms with E-state index < -0.39 is 5.56 Å². The number of aromatic nitrogens is 2. The van der Waals surface area contributed by atoms with Crippen LogP contribution in [0.25, 0.3) is 11.1 Å². The van der Waals surface area contributed by atoms with Crippen LogP contribution >= 0.6 is 15.9 Å². The van der Waals surface area contributed by atoms with E-state index in [0.717, 1.165) is 10.0 Å². The zero-order chi connectivity index (χ0) is 17.1. The molecule has 118 valence electrons. The van der Waals surface area contributed by atoms with Gasteiger partial charge >= 0.3 is 0 Å². The minimum atomic E-state index is -0.395. The lowest BCUT2D eigenvalue weighted by Crippen LogP contribution is -2.12. The number of nitriles is 1. The van der Waals surface area contributed by atoms with Crippen LogP contribution in [0.5, 0.6) is 11.6 Å². The van der Waals surface area contributed by atoms with Gasteiger partial charge in [-0.05, 0) is 52.7 Å². The average molecular weight is 382 g/mol. The van der Waals surface area contributed by atoms with E-state index in [0.29, 0.717) is 22.9 Å². The predicted molar refractivity (Wildman–Crippen MR) is 94.0 cm³/mol. The quantitative estimate of drug-likeness (QED) is 0.738. The summed E-state index contributed by atoms with van der Waals surface area (Å²) in [5.74, 6) is 1.03. The number of pyridine rings is 2. The number of nitrogens with zero attached hydrogens (tertiary/aromatic N) is 2. The lowest BCUT2D eigenvalue weighted by molar-refractivity contribution is 0.463. The Balaban J connectivity index is 2.01. The monoisotopic (exact) mass is 381 g/mol. The molecule has 0 radical (unpaired) electrons. The highest BCUT2D eigenvalue weighted by molar-refractivity contribution is 9.10. The van der Waals surface area contributed by atoms with E-state index in [9.17, 15) is 10.1 Å².